The first-order chi connectivity index (χ1) is 11.7. The number of rotatable bonds is 4. The maximum Gasteiger partial charge on any atom is 0.157 e. The van der Waals surface area contributed by atoms with Crippen LogP contribution in [0.2, 0.25) is 0 Å². The van der Waals surface area contributed by atoms with Gasteiger partial charge in [0.15, 0.2) is 5.65 Å². The fraction of sp³-hybridized carbons (Fsp3) is 0.158. The third-order valence-corrected chi connectivity index (χ3v) is 3.93. The molecular weight excluding hydrogens is 300 g/mol. The third-order valence-electron chi connectivity index (χ3n) is 3.93. The molecule has 0 saturated heterocycles. The van der Waals surface area contributed by atoms with E-state index in [2.05, 4.69) is 27.5 Å². The molecule has 0 fully saturated rings. The van der Waals surface area contributed by atoms with Crippen LogP contribution in [-0.2, 0) is 0 Å². The molecule has 1 unspecified atom stereocenters. The van der Waals surface area contributed by atoms with Crippen LogP contribution in [0.25, 0.3) is 5.65 Å². The summed E-state index contributed by atoms with van der Waals surface area (Å²) in [5, 5.41) is 8.10. The maximum absolute atomic E-state index is 5.66. The molecule has 0 bridgehead atoms. The first-order valence-corrected chi connectivity index (χ1v) is 7.89. The molecule has 0 spiro atoms. The lowest BCUT2D eigenvalue weighted by Gasteiger charge is -2.19. The molecule has 0 saturated carbocycles. The minimum absolute atomic E-state index is 0.101. The van der Waals surface area contributed by atoms with Gasteiger partial charge in [-0.3, -0.25) is 0 Å². The maximum atomic E-state index is 5.66. The SMILES string of the molecule is Cc1cc(NC(c2ccccc2)c2ccco2)n2nc(C)cc2n1. The molecule has 0 radical (unpaired) electrons. The number of anilines is 1. The number of hydrogen-bond donors (Lipinski definition) is 1. The average molecular weight is 318 g/mol. The van der Waals surface area contributed by atoms with Gasteiger partial charge in [0.1, 0.15) is 17.6 Å². The van der Waals surface area contributed by atoms with Gasteiger partial charge >= 0.3 is 0 Å². The molecule has 1 N–H and O–H groups in total. The monoisotopic (exact) mass is 318 g/mol. The van der Waals surface area contributed by atoms with Crippen molar-refractivity contribution in [3.63, 3.8) is 0 Å². The van der Waals surface area contributed by atoms with Crippen LogP contribution in [0.3, 0.4) is 0 Å². The summed E-state index contributed by atoms with van der Waals surface area (Å²) in [6.45, 7) is 3.95. The quantitative estimate of drug-likeness (QED) is 0.614. The number of aromatic nitrogens is 3. The van der Waals surface area contributed by atoms with Gasteiger partial charge in [-0.2, -0.15) is 9.61 Å². The molecule has 24 heavy (non-hydrogen) atoms. The van der Waals surface area contributed by atoms with Crippen LogP contribution in [0.15, 0.2) is 65.3 Å². The molecule has 0 aliphatic heterocycles. The Morgan fingerprint density at radius 1 is 1.00 bits per heavy atom. The van der Waals surface area contributed by atoms with Crippen molar-refractivity contribution in [1.82, 2.24) is 14.6 Å². The first-order valence-electron chi connectivity index (χ1n) is 7.89. The number of furan rings is 1. The zero-order chi connectivity index (χ0) is 16.5. The van der Waals surface area contributed by atoms with Gasteiger partial charge in [-0.1, -0.05) is 30.3 Å². The van der Waals surface area contributed by atoms with Crippen molar-refractivity contribution >= 4 is 11.5 Å². The van der Waals surface area contributed by atoms with Crippen molar-refractivity contribution < 1.29 is 4.42 Å². The van der Waals surface area contributed by atoms with E-state index in [1.54, 1.807) is 6.26 Å². The number of nitrogens with one attached hydrogen (secondary N) is 1. The number of benzene rings is 1. The Balaban J connectivity index is 1.81. The van der Waals surface area contributed by atoms with Crippen LogP contribution in [0.4, 0.5) is 5.82 Å². The minimum atomic E-state index is -0.101. The first kappa shape index (κ1) is 14.5. The second-order valence-electron chi connectivity index (χ2n) is 5.84. The van der Waals surface area contributed by atoms with Gasteiger partial charge in [-0.25, -0.2) is 4.98 Å². The number of aryl methyl sites for hydroxylation is 2. The van der Waals surface area contributed by atoms with Crippen molar-refractivity contribution in [1.29, 1.82) is 0 Å². The van der Waals surface area contributed by atoms with E-state index < -0.39 is 0 Å². The van der Waals surface area contributed by atoms with E-state index in [0.29, 0.717) is 0 Å². The molecule has 4 rings (SSSR count). The van der Waals surface area contributed by atoms with E-state index in [4.69, 9.17) is 4.42 Å². The van der Waals surface area contributed by atoms with Crippen LogP contribution >= 0.6 is 0 Å². The van der Waals surface area contributed by atoms with Gasteiger partial charge in [0.2, 0.25) is 0 Å². The second-order valence-corrected chi connectivity index (χ2v) is 5.84. The fourth-order valence-corrected chi connectivity index (χ4v) is 2.89. The molecule has 120 valence electrons. The van der Waals surface area contributed by atoms with Gasteiger partial charge < -0.3 is 9.73 Å². The largest absolute Gasteiger partial charge is 0.467 e. The Bertz CT molecular complexity index is 958. The summed E-state index contributed by atoms with van der Waals surface area (Å²) in [4.78, 5) is 4.54. The van der Waals surface area contributed by atoms with E-state index in [1.165, 1.54) is 0 Å². The highest BCUT2D eigenvalue weighted by molar-refractivity contribution is 5.52. The molecule has 0 aliphatic carbocycles. The Morgan fingerprint density at radius 2 is 1.83 bits per heavy atom. The van der Waals surface area contributed by atoms with Crippen LogP contribution < -0.4 is 5.32 Å². The lowest BCUT2D eigenvalue weighted by atomic mass is 10.0. The molecule has 3 aromatic heterocycles. The van der Waals surface area contributed by atoms with E-state index in [9.17, 15) is 0 Å². The Hall–Kier alpha value is -3.08. The minimum Gasteiger partial charge on any atom is -0.467 e. The van der Waals surface area contributed by atoms with Crippen molar-refractivity contribution in [2.75, 3.05) is 5.32 Å². The highest BCUT2D eigenvalue weighted by atomic mass is 16.3. The van der Waals surface area contributed by atoms with E-state index in [1.807, 2.05) is 60.8 Å². The Labute approximate surface area is 140 Å². The van der Waals surface area contributed by atoms with Gasteiger partial charge in [0.25, 0.3) is 0 Å². The highest BCUT2D eigenvalue weighted by Gasteiger charge is 2.18. The average Bonchev–Trinajstić information content (AvgIpc) is 3.22. The molecule has 4 aromatic rings. The molecule has 1 atom stereocenters. The van der Waals surface area contributed by atoms with Crippen molar-refractivity contribution in [3.8, 4) is 0 Å². The zero-order valence-corrected chi connectivity index (χ0v) is 13.6. The molecule has 0 amide bonds. The summed E-state index contributed by atoms with van der Waals surface area (Å²) in [5.74, 6) is 1.74. The lowest BCUT2D eigenvalue weighted by Crippen LogP contribution is -2.15. The molecule has 3 heterocycles. The summed E-state index contributed by atoms with van der Waals surface area (Å²) >= 11 is 0. The van der Waals surface area contributed by atoms with Crippen LogP contribution in [0, 0.1) is 13.8 Å². The van der Waals surface area contributed by atoms with Gasteiger partial charge in [-0.15, -0.1) is 0 Å². The molecular formula is C19H18N4O. The zero-order valence-electron chi connectivity index (χ0n) is 13.6. The van der Waals surface area contributed by atoms with Gasteiger partial charge in [0, 0.05) is 17.8 Å². The van der Waals surface area contributed by atoms with Crippen LogP contribution in [0.1, 0.15) is 28.8 Å². The predicted molar refractivity (Wildman–Crippen MR) is 93.1 cm³/mol. The summed E-state index contributed by atoms with van der Waals surface area (Å²) in [7, 11) is 0. The summed E-state index contributed by atoms with van der Waals surface area (Å²) in [5.41, 5.74) is 3.83. The van der Waals surface area contributed by atoms with E-state index in [0.717, 1.165) is 34.2 Å². The Kier molecular flexibility index (Phi) is 3.54. The topological polar surface area (TPSA) is 55.4 Å². The predicted octanol–water partition coefficient (Wildman–Crippen LogP) is 4.14. The molecule has 1 aromatic carbocycles. The molecule has 5 nitrogen and oxygen atoms in total. The van der Waals surface area contributed by atoms with Crippen LogP contribution in [-0.4, -0.2) is 14.6 Å². The van der Waals surface area contributed by atoms with E-state index in [-0.39, 0.29) is 6.04 Å². The molecule has 5 heteroatoms. The van der Waals surface area contributed by atoms with Gasteiger partial charge in [0.05, 0.1) is 12.0 Å². The lowest BCUT2D eigenvalue weighted by molar-refractivity contribution is 0.498. The summed E-state index contributed by atoms with van der Waals surface area (Å²) in [6.07, 6.45) is 1.69. The number of fused-ring (bicyclic) bond motifs is 1. The van der Waals surface area contributed by atoms with Crippen molar-refractivity contribution in [2.45, 2.75) is 19.9 Å². The van der Waals surface area contributed by atoms with Gasteiger partial charge in [-0.05, 0) is 31.5 Å². The standard InChI is InChI=1S/C19H18N4O/c1-13-11-18(23-17(20-13)12-14(2)22-23)21-19(16-9-6-10-24-16)15-7-4-3-5-8-15/h3-12,19,21H,1-2H3. The summed E-state index contributed by atoms with van der Waals surface area (Å²) in [6, 6.07) is 18.0. The summed E-state index contributed by atoms with van der Waals surface area (Å²) < 4.78 is 7.50. The number of hydrogen-bond acceptors (Lipinski definition) is 4. The third kappa shape index (κ3) is 2.65. The van der Waals surface area contributed by atoms with Crippen LogP contribution in [0.5, 0.6) is 0 Å². The fourth-order valence-electron chi connectivity index (χ4n) is 2.89. The number of nitrogens with zero attached hydrogens (tertiary/aromatic N) is 3. The van der Waals surface area contributed by atoms with Crippen molar-refractivity contribution in [3.05, 3.63) is 83.6 Å². The highest BCUT2D eigenvalue weighted by Crippen LogP contribution is 2.27. The smallest absolute Gasteiger partial charge is 0.157 e. The molecule has 0 aliphatic rings. The van der Waals surface area contributed by atoms with E-state index >= 15 is 0 Å². The second kappa shape index (κ2) is 5.85. The van der Waals surface area contributed by atoms with Crippen molar-refractivity contribution in [2.24, 2.45) is 0 Å². The normalized spacial score (nSPS) is 12.4. The Morgan fingerprint density at radius 3 is 2.58 bits per heavy atom.